The van der Waals surface area contributed by atoms with Gasteiger partial charge in [-0.3, -0.25) is 10.1 Å². The molecular formula is C25H30N6O2. The number of nitrogens with one attached hydrogen (secondary N) is 1. The van der Waals surface area contributed by atoms with Crippen LogP contribution in [0.2, 0.25) is 0 Å². The highest BCUT2D eigenvalue weighted by Gasteiger charge is 2.27. The number of anilines is 2. The second kappa shape index (κ2) is 10.4. The molecule has 3 aromatic rings. The molecule has 0 bridgehead atoms. The molecule has 0 atom stereocenters. The number of benzene rings is 2. The maximum atomic E-state index is 11.7. The molecule has 5 N–H and O–H groups in total. The van der Waals surface area contributed by atoms with Crippen molar-refractivity contribution in [2.75, 3.05) is 17.6 Å². The molecular weight excluding hydrogens is 416 g/mol. The van der Waals surface area contributed by atoms with E-state index >= 15 is 0 Å². The Balaban J connectivity index is 1.54. The Hall–Kier alpha value is -3.52. The fourth-order valence-corrected chi connectivity index (χ4v) is 4.63. The van der Waals surface area contributed by atoms with E-state index in [0.717, 1.165) is 42.4 Å². The zero-order chi connectivity index (χ0) is 23.2. The third-order valence-corrected chi connectivity index (χ3v) is 6.49. The molecule has 1 aliphatic carbocycles. The summed E-state index contributed by atoms with van der Waals surface area (Å²) in [6, 6.07) is 18.2. The quantitative estimate of drug-likeness (QED) is 0.341. The fraction of sp³-hybridized carbons (Fsp3) is 0.360. The SMILES string of the molecule is NCC1CCC(Cc2nc(NCc3ccccc3-c3ccccc3)nc(N)c2[N+](=O)[O-])CC1. The summed E-state index contributed by atoms with van der Waals surface area (Å²) < 4.78 is 0. The van der Waals surface area contributed by atoms with Crippen molar-refractivity contribution in [1.29, 1.82) is 0 Å². The molecule has 0 amide bonds. The molecule has 0 spiro atoms. The van der Waals surface area contributed by atoms with E-state index in [4.69, 9.17) is 11.5 Å². The average molecular weight is 447 g/mol. The van der Waals surface area contributed by atoms with Gasteiger partial charge in [-0.15, -0.1) is 0 Å². The van der Waals surface area contributed by atoms with E-state index in [-0.39, 0.29) is 11.5 Å². The Labute approximate surface area is 193 Å². The Kier molecular flexibility index (Phi) is 7.14. The number of hydrogen-bond acceptors (Lipinski definition) is 7. The van der Waals surface area contributed by atoms with Crippen LogP contribution in [-0.2, 0) is 13.0 Å². The van der Waals surface area contributed by atoms with Gasteiger partial charge in [0.25, 0.3) is 0 Å². The predicted octanol–water partition coefficient (Wildman–Crippen LogP) is 4.55. The van der Waals surface area contributed by atoms with E-state index in [1.54, 1.807) is 0 Å². The Morgan fingerprint density at radius 1 is 0.970 bits per heavy atom. The second-order valence-corrected chi connectivity index (χ2v) is 8.69. The number of nitro groups is 1. The minimum atomic E-state index is -0.468. The molecule has 8 nitrogen and oxygen atoms in total. The lowest BCUT2D eigenvalue weighted by Crippen LogP contribution is -2.23. The molecule has 0 aliphatic heterocycles. The van der Waals surface area contributed by atoms with E-state index < -0.39 is 4.92 Å². The van der Waals surface area contributed by atoms with Crippen LogP contribution >= 0.6 is 0 Å². The number of nitrogens with two attached hydrogens (primary N) is 2. The van der Waals surface area contributed by atoms with Crippen LogP contribution in [0.1, 0.15) is 36.9 Å². The van der Waals surface area contributed by atoms with Crippen molar-refractivity contribution < 1.29 is 4.92 Å². The van der Waals surface area contributed by atoms with Crippen molar-refractivity contribution in [3.63, 3.8) is 0 Å². The number of aromatic nitrogens is 2. The molecule has 1 aromatic heterocycles. The summed E-state index contributed by atoms with van der Waals surface area (Å²) in [5.41, 5.74) is 15.3. The van der Waals surface area contributed by atoms with Crippen molar-refractivity contribution in [1.82, 2.24) is 9.97 Å². The fourth-order valence-electron chi connectivity index (χ4n) is 4.63. The van der Waals surface area contributed by atoms with Gasteiger partial charge >= 0.3 is 5.69 Å². The topological polar surface area (TPSA) is 133 Å². The molecule has 0 radical (unpaired) electrons. The highest BCUT2D eigenvalue weighted by molar-refractivity contribution is 5.67. The molecule has 4 rings (SSSR count). The van der Waals surface area contributed by atoms with Gasteiger partial charge in [0.05, 0.1) is 4.92 Å². The van der Waals surface area contributed by atoms with Gasteiger partial charge in [0, 0.05) is 6.54 Å². The molecule has 172 valence electrons. The van der Waals surface area contributed by atoms with Gasteiger partial charge in [-0.25, -0.2) is 4.98 Å². The number of nitrogens with zero attached hydrogens (tertiary/aromatic N) is 3. The van der Waals surface area contributed by atoms with E-state index in [2.05, 4.69) is 33.5 Å². The van der Waals surface area contributed by atoms with Crippen molar-refractivity contribution in [3.8, 4) is 11.1 Å². The van der Waals surface area contributed by atoms with Gasteiger partial charge in [-0.2, -0.15) is 4.98 Å². The second-order valence-electron chi connectivity index (χ2n) is 8.69. The molecule has 1 heterocycles. The largest absolute Gasteiger partial charge is 0.378 e. The summed E-state index contributed by atoms with van der Waals surface area (Å²) in [7, 11) is 0. The van der Waals surface area contributed by atoms with Crippen molar-refractivity contribution in [3.05, 3.63) is 76.0 Å². The lowest BCUT2D eigenvalue weighted by Gasteiger charge is -2.27. The van der Waals surface area contributed by atoms with Gasteiger partial charge in [0.2, 0.25) is 11.8 Å². The van der Waals surface area contributed by atoms with Gasteiger partial charge < -0.3 is 16.8 Å². The summed E-state index contributed by atoms with van der Waals surface area (Å²) in [6.45, 7) is 1.18. The lowest BCUT2D eigenvalue weighted by atomic mass is 9.80. The van der Waals surface area contributed by atoms with Gasteiger partial charge in [0.1, 0.15) is 5.69 Å². The van der Waals surface area contributed by atoms with Crippen molar-refractivity contribution in [2.45, 2.75) is 38.6 Å². The first kappa shape index (κ1) is 22.7. The van der Waals surface area contributed by atoms with Crippen molar-refractivity contribution >= 4 is 17.5 Å². The summed E-state index contributed by atoms with van der Waals surface area (Å²) in [5.74, 6) is 1.10. The van der Waals surface area contributed by atoms with E-state index in [9.17, 15) is 10.1 Å². The molecule has 1 aliphatic rings. The van der Waals surface area contributed by atoms with E-state index in [0.29, 0.717) is 43.0 Å². The zero-order valence-corrected chi connectivity index (χ0v) is 18.6. The Morgan fingerprint density at radius 3 is 2.33 bits per heavy atom. The molecule has 1 saturated carbocycles. The van der Waals surface area contributed by atoms with Crippen LogP contribution < -0.4 is 16.8 Å². The Morgan fingerprint density at radius 2 is 1.64 bits per heavy atom. The molecule has 33 heavy (non-hydrogen) atoms. The summed E-state index contributed by atoms with van der Waals surface area (Å²) in [4.78, 5) is 19.9. The van der Waals surface area contributed by atoms with Crippen LogP contribution in [0, 0.1) is 22.0 Å². The van der Waals surface area contributed by atoms with Gasteiger partial charge in [-0.1, -0.05) is 54.6 Å². The highest BCUT2D eigenvalue weighted by atomic mass is 16.6. The highest BCUT2D eigenvalue weighted by Crippen LogP contribution is 2.34. The number of hydrogen-bond donors (Lipinski definition) is 3. The van der Waals surface area contributed by atoms with Crippen molar-refractivity contribution in [2.24, 2.45) is 17.6 Å². The normalized spacial score (nSPS) is 18.1. The van der Waals surface area contributed by atoms with E-state index in [1.807, 2.05) is 36.4 Å². The van der Waals surface area contributed by atoms with Crippen LogP contribution in [0.4, 0.5) is 17.5 Å². The van der Waals surface area contributed by atoms with Crippen LogP contribution in [-0.4, -0.2) is 21.4 Å². The monoisotopic (exact) mass is 446 g/mol. The lowest BCUT2D eigenvalue weighted by molar-refractivity contribution is -0.385. The molecule has 1 fully saturated rings. The first-order chi connectivity index (χ1) is 16.0. The number of rotatable bonds is 8. The predicted molar refractivity (Wildman–Crippen MR) is 131 cm³/mol. The third kappa shape index (κ3) is 5.46. The zero-order valence-electron chi connectivity index (χ0n) is 18.6. The van der Waals surface area contributed by atoms with Crippen LogP contribution in [0.3, 0.4) is 0 Å². The standard InChI is InChI=1S/C25H30N6O2/c26-15-18-12-10-17(11-13-18)14-22-23(31(32)33)24(27)30-25(29-22)28-16-20-8-4-5-9-21(20)19-6-2-1-3-7-19/h1-9,17-18H,10-16,26H2,(H3,27,28,29,30). The smallest absolute Gasteiger partial charge is 0.332 e. The molecule has 8 heteroatoms. The summed E-state index contributed by atoms with van der Waals surface area (Å²) in [5, 5.41) is 14.9. The number of nitrogen functional groups attached to an aromatic ring is 1. The summed E-state index contributed by atoms with van der Waals surface area (Å²) in [6.07, 6.45) is 4.62. The minimum absolute atomic E-state index is 0.0977. The maximum absolute atomic E-state index is 11.7. The third-order valence-electron chi connectivity index (χ3n) is 6.49. The van der Waals surface area contributed by atoms with Crippen LogP contribution in [0.5, 0.6) is 0 Å². The minimum Gasteiger partial charge on any atom is -0.378 e. The van der Waals surface area contributed by atoms with E-state index in [1.165, 1.54) is 0 Å². The molecule has 2 aromatic carbocycles. The molecule has 0 unspecified atom stereocenters. The first-order valence-electron chi connectivity index (χ1n) is 11.4. The summed E-state index contributed by atoms with van der Waals surface area (Å²) >= 11 is 0. The van der Waals surface area contributed by atoms with Crippen LogP contribution in [0.15, 0.2) is 54.6 Å². The Bertz CT molecular complexity index is 1100. The molecule has 0 saturated heterocycles. The average Bonchev–Trinajstić information content (AvgIpc) is 2.83. The van der Waals surface area contributed by atoms with Crippen LogP contribution in [0.25, 0.3) is 11.1 Å². The van der Waals surface area contributed by atoms with Gasteiger partial charge in [-0.05, 0) is 67.2 Å². The maximum Gasteiger partial charge on any atom is 0.332 e. The first-order valence-corrected chi connectivity index (χ1v) is 11.4. The van der Waals surface area contributed by atoms with Gasteiger partial charge in [0.15, 0.2) is 0 Å².